The van der Waals surface area contributed by atoms with Crippen LogP contribution in [-0.4, -0.2) is 43.4 Å². The minimum atomic E-state index is -0.280. The number of nitrogens with zero attached hydrogens (tertiary/aromatic N) is 4. The lowest BCUT2D eigenvalue weighted by Gasteiger charge is -2.32. The fourth-order valence-electron chi connectivity index (χ4n) is 5.08. The van der Waals surface area contributed by atoms with Crippen molar-refractivity contribution in [3.8, 4) is 22.6 Å². The molecule has 0 bridgehead atoms. The molecule has 3 aromatic carbocycles. The fourth-order valence-corrected chi connectivity index (χ4v) is 5.08. The molecule has 0 radical (unpaired) electrons. The predicted octanol–water partition coefficient (Wildman–Crippen LogP) is 5.98. The summed E-state index contributed by atoms with van der Waals surface area (Å²) in [5.74, 6) is 1.26. The summed E-state index contributed by atoms with van der Waals surface area (Å²) in [5, 5.41) is 16.1. The number of halogens is 2. The van der Waals surface area contributed by atoms with Crippen LogP contribution in [0.1, 0.15) is 35.7 Å². The molecule has 6 rings (SSSR count). The van der Waals surface area contributed by atoms with Gasteiger partial charge in [0.15, 0.2) is 5.82 Å². The van der Waals surface area contributed by atoms with Crippen molar-refractivity contribution in [2.24, 2.45) is 0 Å². The Kier molecular flexibility index (Phi) is 5.81. The lowest BCUT2D eigenvalue weighted by atomic mass is 9.96. The number of hydrogen-bond donors (Lipinski definition) is 2. The molecule has 36 heavy (non-hydrogen) atoms. The highest BCUT2D eigenvalue weighted by molar-refractivity contribution is 5.95. The molecule has 3 heterocycles. The van der Waals surface area contributed by atoms with Crippen molar-refractivity contribution in [3.05, 3.63) is 89.2 Å². The topological polar surface area (TPSA) is 73.5 Å². The molecule has 2 aromatic heterocycles. The fraction of sp³-hybridized carbons (Fsp3) is 0.250. The molecule has 1 aliphatic rings. The van der Waals surface area contributed by atoms with Crippen LogP contribution < -0.4 is 0 Å². The van der Waals surface area contributed by atoms with Crippen LogP contribution in [0.5, 0.6) is 0 Å². The minimum absolute atomic E-state index is 0.145. The van der Waals surface area contributed by atoms with E-state index in [2.05, 4.69) is 25.3 Å². The summed E-state index contributed by atoms with van der Waals surface area (Å²) in [5.41, 5.74) is 5.11. The van der Waals surface area contributed by atoms with E-state index in [-0.39, 0.29) is 17.6 Å². The normalized spacial score (nSPS) is 16.6. The van der Waals surface area contributed by atoms with Crippen LogP contribution in [0, 0.1) is 18.6 Å². The average molecular weight is 485 g/mol. The zero-order valence-electron chi connectivity index (χ0n) is 19.9. The Morgan fingerprint density at radius 1 is 0.972 bits per heavy atom. The number of aryl methyl sites for hydroxylation is 1. The Labute approximate surface area is 207 Å². The summed E-state index contributed by atoms with van der Waals surface area (Å²) in [4.78, 5) is 7.14. The monoisotopic (exact) mass is 484 g/mol. The van der Waals surface area contributed by atoms with Crippen molar-refractivity contribution in [2.45, 2.75) is 32.2 Å². The quantitative estimate of drug-likeness (QED) is 0.322. The lowest BCUT2D eigenvalue weighted by molar-refractivity contribution is 0.194. The van der Waals surface area contributed by atoms with Crippen LogP contribution in [0.3, 0.4) is 0 Å². The molecular weight excluding hydrogens is 458 g/mol. The van der Waals surface area contributed by atoms with Crippen LogP contribution in [0.4, 0.5) is 8.78 Å². The predicted molar refractivity (Wildman–Crippen MR) is 135 cm³/mol. The number of hydrogen-bond acceptors (Lipinski definition) is 4. The van der Waals surface area contributed by atoms with Gasteiger partial charge < -0.3 is 0 Å². The van der Waals surface area contributed by atoms with Gasteiger partial charge in [-0.05, 0) is 80.4 Å². The van der Waals surface area contributed by atoms with Gasteiger partial charge in [0, 0.05) is 41.1 Å². The first-order valence-corrected chi connectivity index (χ1v) is 12.2. The van der Waals surface area contributed by atoms with E-state index in [0.29, 0.717) is 12.4 Å². The summed E-state index contributed by atoms with van der Waals surface area (Å²) in [6, 6.07) is 17.5. The second-order valence-corrected chi connectivity index (χ2v) is 9.49. The van der Waals surface area contributed by atoms with Gasteiger partial charge in [0.05, 0.1) is 11.2 Å². The van der Waals surface area contributed by atoms with E-state index in [1.807, 2.05) is 31.2 Å². The zero-order valence-corrected chi connectivity index (χ0v) is 19.9. The van der Waals surface area contributed by atoms with Gasteiger partial charge in [0.2, 0.25) is 0 Å². The van der Waals surface area contributed by atoms with Gasteiger partial charge >= 0.3 is 0 Å². The van der Waals surface area contributed by atoms with Crippen molar-refractivity contribution in [1.82, 2.24) is 30.3 Å². The van der Waals surface area contributed by atoms with Crippen molar-refractivity contribution >= 4 is 10.9 Å². The molecule has 0 amide bonds. The summed E-state index contributed by atoms with van der Waals surface area (Å²) in [6.45, 7) is 4.30. The average Bonchev–Trinajstić information content (AvgIpc) is 3.55. The maximum atomic E-state index is 14.4. The van der Waals surface area contributed by atoms with Crippen molar-refractivity contribution in [3.63, 3.8) is 0 Å². The Bertz CT molecular complexity index is 1500. The summed E-state index contributed by atoms with van der Waals surface area (Å²) < 4.78 is 27.8. The molecule has 0 aliphatic carbocycles. The third-order valence-corrected chi connectivity index (χ3v) is 7.07. The summed E-state index contributed by atoms with van der Waals surface area (Å²) in [7, 11) is 0. The van der Waals surface area contributed by atoms with Gasteiger partial charge in [0.25, 0.3) is 0 Å². The minimum Gasteiger partial charge on any atom is -0.298 e. The number of benzene rings is 3. The molecule has 5 aromatic rings. The van der Waals surface area contributed by atoms with Crippen molar-refractivity contribution in [1.29, 1.82) is 0 Å². The summed E-state index contributed by atoms with van der Waals surface area (Å²) in [6.07, 6.45) is 2.03. The second kappa shape index (κ2) is 9.28. The molecular formula is C28H26F2N6. The zero-order chi connectivity index (χ0) is 24.6. The molecule has 182 valence electrons. The Morgan fingerprint density at radius 3 is 2.64 bits per heavy atom. The third kappa shape index (κ3) is 4.28. The van der Waals surface area contributed by atoms with Gasteiger partial charge in [-0.15, -0.1) is 0 Å². The highest BCUT2D eigenvalue weighted by Crippen LogP contribution is 2.31. The molecule has 1 atom stereocenters. The number of nitrogens with one attached hydrogen (secondary N) is 2. The number of piperidine rings is 1. The molecule has 0 spiro atoms. The molecule has 0 saturated carbocycles. The summed E-state index contributed by atoms with van der Waals surface area (Å²) >= 11 is 0. The van der Waals surface area contributed by atoms with E-state index in [1.54, 1.807) is 18.2 Å². The number of aromatic nitrogens is 5. The van der Waals surface area contributed by atoms with Gasteiger partial charge in [-0.2, -0.15) is 10.2 Å². The van der Waals surface area contributed by atoms with E-state index in [1.165, 1.54) is 18.2 Å². The van der Waals surface area contributed by atoms with Crippen molar-refractivity contribution in [2.75, 3.05) is 13.1 Å². The van der Waals surface area contributed by atoms with Crippen LogP contribution in [0.2, 0.25) is 0 Å². The highest BCUT2D eigenvalue weighted by atomic mass is 19.1. The van der Waals surface area contributed by atoms with E-state index in [4.69, 9.17) is 4.98 Å². The standard InChI is InChI=1S/C28H26F2N6/c1-17-4-2-6-24(30)23(17)16-36-13-3-5-20(15-36)28-31-27(34-35-28)19-9-12-25-22(14-19)26(33-32-25)18-7-10-21(29)11-8-18/h2,4,6-12,14,20H,3,5,13,15-16H2,1H3,(H,32,33)(H,31,34,35). The first-order valence-electron chi connectivity index (χ1n) is 12.2. The molecule has 6 nitrogen and oxygen atoms in total. The smallest absolute Gasteiger partial charge is 0.181 e. The number of aromatic amines is 2. The SMILES string of the molecule is Cc1cccc(F)c1CN1CCCC(c2nc(-c3ccc4[nH]nc(-c5ccc(F)cc5)c4c3)n[nH]2)C1. The molecule has 8 heteroatoms. The van der Waals surface area contributed by atoms with Crippen LogP contribution in [0.15, 0.2) is 60.7 Å². The first kappa shape index (κ1) is 22.5. The highest BCUT2D eigenvalue weighted by Gasteiger charge is 2.25. The van der Waals surface area contributed by atoms with E-state index < -0.39 is 0 Å². The first-order chi connectivity index (χ1) is 17.5. The van der Waals surface area contributed by atoms with E-state index in [9.17, 15) is 8.78 Å². The molecule has 1 unspecified atom stereocenters. The lowest BCUT2D eigenvalue weighted by Crippen LogP contribution is -2.34. The molecule has 1 fully saturated rings. The Balaban J connectivity index is 1.23. The van der Waals surface area contributed by atoms with Gasteiger partial charge in [0.1, 0.15) is 17.5 Å². The van der Waals surface area contributed by atoms with E-state index >= 15 is 0 Å². The second-order valence-electron chi connectivity index (χ2n) is 9.49. The van der Waals surface area contributed by atoms with Crippen LogP contribution in [-0.2, 0) is 6.54 Å². The molecule has 1 saturated heterocycles. The van der Waals surface area contributed by atoms with Crippen LogP contribution in [0.25, 0.3) is 33.5 Å². The van der Waals surface area contributed by atoms with Gasteiger partial charge in [-0.1, -0.05) is 12.1 Å². The van der Waals surface area contributed by atoms with E-state index in [0.717, 1.165) is 70.6 Å². The molecule has 2 N–H and O–H groups in total. The maximum Gasteiger partial charge on any atom is 0.181 e. The van der Waals surface area contributed by atoms with Gasteiger partial charge in [-0.3, -0.25) is 15.1 Å². The van der Waals surface area contributed by atoms with Gasteiger partial charge in [-0.25, -0.2) is 13.8 Å². The van der Waals surface area contributed by atoms with Crippen molar-refractivity contribution < 1.29 is 8.78 Å². The molecule has 1 aliphatic heterocycles. The van der Waals surface area contributed by atoms with Crippen LogP contribution >= 0.6 is 0 Å². The Morgan fingerprint density at radius 2 is 1.81 bits per heavy atom. The largest absolute Gasteiger partial charge is 0.298 e. The number of fused-ring (bicyclic) bond motifs is 1. The third-order valence-electron chi connectivity index (χ3n) is 7.07. The maximum absolute atomic E-state index is 14.4. The number of likely N-dealkylation sites (tertiary alicyclic amines) is 1. The Hall–Kier alpha value is -3.91. The number of rotatable bonds is 5. The number of H-pyrrole nitrogens is 2.